The van der Waals surface area contributed by atoms with Crippen molar-refractivity contribution in [1.82, 2.24) is 9.88 Å². The zero-order chi connectivity index (χ0) is 12.8. The Balaban J connectivity index is 2.64. The normalized spacial score (nSPS) is 10.7. The maximum Gasteiger partial charge on any atom is 0.231 e. The van der Waals surface area contributed by atoms with Crippen LogP contribution in [-0.2, 0) is 22.0 Å². The van der Waals surface area contributed by atoms with Crippen LogP contribution in [0.5, 0.6) is 0 Å². The van der Waals surface area contributed by atoms with Crippen molar-refractivity contribution in [2.75, 3.05) is 13.1 Å². The summed E-state index contributed by atoms with van der Waals surface area (Å²) in [4.78, 5) is 27.4. The average molecular weight is 277 g/mol. The van der Waals surface area contributed by atoms with Gasteiger partial charge in [0.2, 0.25) is 11.8 Å². The molecule has 8 heteroatoms. The van der Waals surface area contributed by atoms with Gasteiger partial charge < -0.3 is 11.5 Å². The third-order valence-corrected chi connectivity index (χ3v) is 3.01. The highest BCUT2D eigenvalue weighted by Crippen LogP contribution is 2.13. The summed E-state index contributed by atoms with van der Waals surface area (Å²) in [5.41, 5.74) is 10.9. The van der Waals surface area contributed by atoms with Crippen LogP contribution in [0.4, 0.5) is 0 Å². The Kier molecular flexibility index (Phi) is 5.33. The van der Waals surface area contributed by atoms with Crippen molar-refractivity contribution >= 4 is 34.8 Å². The standard InChI is InChI=1S/C9H13ClN4O2S/c10-1-6-5-17-9(13-6)4-14(2-7(11)15)3-8(12)16/h5H,1-4H2,(H2,11,15)(H2,12,16). The number of halogens is 1. The first-order valence-electron chi connectivity index (χ1n) is 4.79. The maximum absolute atomic E-state index is 10.8. The zero-order valence-electron chi connectivity index (χ0n) is 9.06. The fourth-order valence-electron chi connectivity index (χ4n) is 1.28. The van der Waals surface area contributed by atoms with Gasteiger partial charge in [-0.05, 0) is 0 Å². The van der Waals surface area contributed by atoms with Crippen molar-refractivity contribution in [3.8, 4) is 0 Å². The summed E-state index contributed by atoms with van der Waals surface area (Å²) >= 11 is 7.04. The molecular formula is C9H13ClN4O2S. The van der Waals surface area contributed by atoms with E-state index in [4.69, 9.17) is 23.1 Å². The molecule has 94 valence electrons. The summed E-state index contributed by atoms with van der Waals surface area (Å²) in [6, 6.07) is 0. The predicted molar refractivity (Wildman–Crippen MR) is 65.3 cm³/mol. The first-order valence-corrected chi connectivity index (χ1v) is 6.21. The first-order chi connectivity index (χ1) is 8.01. The third-order valence-electron chi connectivity index (χ3n) is 1.85. The lowest BCUT2D eigenvalue weighted by Crippen LogP contribution is -2.39. The Hall–Kier alpha value is -1.18. The van der Waals surface area contributed by atoms with Gasteiger partial charge in [0.15, 0.2) is 0 Å². The number of aromatic nitrogens is 1. The Morgan fingerprint density at radius 3 is 2.35 bits per heavy atom. The molecule has 2 amide bonds. The number of carbonyl (C=O) groups excluding carboxylic acids is 2. The number of nitrogens with two attached hydrogens (primary N) is 2. The van der Waals surface area contributed by atoms with Crippen molar-refractivity contribution < 1.29 is 9.59 Å². The minimum absolute atomic E-state index is 0.0290. The molecule has 1 heterocycles. The number of thiazole rings is 1. The molecule has 0 saturated carbocycles. The van der Waals surface area contributed by atoms with E-state index in [1.165, 1.54) is 11.3 Å². The smallest absolute Gasteiger partial charge is 0.231 e. The maximum atomic E-state index is 10.8. The largest absolute Gasteiger partial charge is 0.369 e. The van der Waals surface area contributed by atoms with E-state index in [1.807, 2.05) is 5.38 Å². The molecule has 0 atom stereocenters. The van der Waals surface area contributed by atoms with Crippen molar-refractivity contribution in [3.63, 3.8) is 0 Å². The number of nitrogens with zero attached hydrogens (tertiary/aromatic N) is 2. The van der Waals surface area contributed by atoms with E-state index >= 15 is 0 Å². The Labute approximate surface area is 108 Å². The molecular weight excluding hydrogens is 264 g/mol. The lowest BCUT2D eigenvalue weighted by molar-refractivity contribution is -0.122. The number of rotatable bonds is 7. The number of primary amides is 2. The predicted octanol–water partition coefficient (Wildman–Crippen LogP) is -0.346. The van der Waals surface area contributed by atoms with Gasteiger partial charge >= 0.3 is 0 Å². The minimum atomic E-state index is -0.514. The van der Waals surface area contributed by atoms with Gasteiger partial charge in [-0.25, -0.2) is 4.98 Å². The van der Waals surface area contributed by atoms with Crippen LogP contribution in [0.25, 0.3) is 0 Å². The lowest BCUT2D eigenvalue weighted by Gasteiger charge is -2.16. The molecule has 1 aromatic rings. The minimum Gasteiger partial charge on any atom is -0.369 e. The SMILES string of the molecule is NC(=O)CN(CC(N)=O)Cc1nc(CCl)cs1. The van der Waals surface area contributed by atoms with E-state index in [0.717, 1.165) is 10.7 Å². The van der Waals surface area contributed by atoms with Gasteiger partial charge in [0, 0.05) is 5.38 Å². The van der Waals surface area contributed by atoms with Gasteiger partial charge in [-0.3, -0.25) is 14.5 Å². The number of alkyl halides is 1. The quantitative estimate of drug-likeness (QED) is 0.665. The van der Waals surface area contributed by atoms with Crippen LogP contribution >= 0.6 is 22.9 Å². The lowest BCUT2D eigenvalue weighted by atomic mass is 10.4. The van der Waals surface area contributed by atoms with Gasteiger partial charge in [-0.15, -0.1) is 22.9 Å². The summed E-state index contributed by atoms with van der Waals surface area (Å²) in [6.45, 7) is 0.297. The van der Waals surface area contributed by atoms with Crippen molar-refractivity contribution in [2.24, 2.45) is 11.5 Å². The molecule has 1 aromatic heterocycles. The zero-order valence-corrected chi connectivity index (χ0v) is 10.6. The van der Waals surface area contributed by atoms with Crippen molar-refractivity contribution in [2.45, 2.75) is 12.4 Å². The topological polar surface area (TPSA) is 102 Å². The molecule has 6 nitrogen and oxygen atoms in total. The Morgan fingerprint density at radius 2 is 1.94 bits per heavy atom. The summed E-state index contributed by atoms with van der Waals surface area (Å²) in [5, 5.41) is 2.60. The van der Waals surface area contributed by atoms with Gasteiger partial charge in [0.25, 0.3) is 0 Å². The number of amides is 2. The molecule has 0 radical (unpaired) electrons. The van der Waals surface area contributed by atoms with Gasteiger partial charge in [-0.2, -0.15) is 0 Å². The van der Waals surface area contributed by atoms with Crippen LogP contribution in [0, 0.1) is 0 Å². The summed E-state index contributed by atoms with van der Waals surface area (Å²) in [7, 11) is 0. The monoisotopic (exact) mass is 276 g/mol. The van der Waals surface area contributed by atoms with E-state index in [2.05, 4.69) is 4.98 Å². The van der Waals surface area contributed by atoms with Crippen LogP contribution in [0.15, 0.2) is 5.38 Å². The highest BCUT2D eigenvalue weighted by atomic mass is 35.5. The van der Waals surface area contributed by atoms with Crippen LogP contribution in [0.3, 0.4) is 0 Å². The third kappa shape index (κ3) is 5.12. The average Bonchev–Trinajstić information content (AvgIpc) is 2.63. The highest BCUT2D eigenvalue weighted by molar-refractivity contribution is 7.09. The molecule has 0 spiro atoms. The number of hydrogen-bond acceptors (Lipinski definition) is 5. The Bertz CT molecular complexity index is 393. The molecule has 0 fully saturated rings. The van der Waals surface area contributed by atoms with E-state index in [1.54, 1.807) is 4.90 Å². The second-order valence-corrected chi connectivity index (χ2v) is 4.65. The fourth-order valence-corrected chi connectivity index (χ4v) is 2.35. The second-order valence-electron chi connectivity index (χ2n) is 3.44. The van der Waals surface area contributed by atoms with Gasteiger partial charge in [0.05, 0.1) is 31.2 Å². The van der Waals surface area contributed by atoms with Crippen LogP contribution < -0.4 is 11.5 Å². The Morgan fingerprint density at radius 1 is 1.35 bits per heavy atom. The van der Waals surface area contributed by atoms with E-state index < -0.39 is 11.8 Å². The van der Waals surface area contributed by atoms with Gasteiger partial charge in [-0.1, -0.05) is 0 Å². The molecule has 0 unspecified atom stereocenters. The molecule has 0 aromatic carbocycles. The van der Waals surface area contributed by atoms with Crippen molar-refractivity contribution in [3.05, 3.63) is 16.1 Å². The summed E-state index contributed by atoms with van der Waals surface area (Å²) in [5.74, 6) is -0.692. The van der Waals surface area contributed by atoms with E-state index in [9.17, 15) is 9.59 Å². The molecule has 0 aliphatic heterocycles. The summed E-state index contributed by atoms with van der Waals surface area (Å²) < 4.78 is 0. The van der Waals surface area contributed by atoms with Crippen LogP contribution in [0.2, 0.25) is 0 Å². The number of carbonyl (C=O) groups is 2. The second kappa shape index (κ2) is 6.53. The van der Waals surface area contributed by atoms with Crippen molar-refractivity contribution in [1.29, 1.82) is 0 Å². The van der Waals surface area contributed by atoms with E-state index in [0.29, 0.717) is 12.4 Å². The molecule has 4 N–H and O–H groups in total. The molecule has 0 aliphatic carbocycles. The van der Waals surface area contributed by atoms with Crippen LogP contribution in [0.1, 0.15) is 10.7 Å². The molecule has 0 saturated heterocycles. The van der Waals surface area contributed by atoms with Crippen LogP contribution in [-0.4, -0.2) is 34.8 Å². The molecule has 0 bridgehead atoms. The first kappa shape index (κ1) is 13.9. The molecule has 0 aliphatic rings. The highest BCUT2D eigenvalue weighted by Gasteiger charge is 2.13. The molecule has 17 heavy (non-hydrogen) atoms. The van der Waals surface area contributed by atoms with E-state index in [-0.39, 0.29) is 13.1 Å². The summed E-state index contributed by atoms with van der Waals surface area (Å²) in [6.07, 6.45) is 0. The number of hydrogen-bond donors (Lipinski definition) is 2. The fraction of sp³-hybridized carbons (Fsp3) is 0.444. The van der Waals surface area contributed by atoms with Gasteiger partial charge in [0.1, 0.15) is 5.01 Å². The molecule has 1 rings (SSSR count).